The van der Waals surface area contributed by atoms with Crippen LogP contribution in [0.3, 0.4) is 0 Å². The van der Waals surface area contributed by atoms with E-state index in [2.05, 4.69) is 25.9 Å². The number of H-pyrrole nitrogens is 1. The van der Waals surface area contributed by atoms with Gasteiger partial charge < -0.3 is 26.0 Å². The van der Waals surface area contributed by atoms with Gasteiger partial charge in [-0.05, 0) is 36.2 Å². The lowest BCUT2D eigenvalue weighted by Gasteiger charge is -2.29. The average Bonchev–Trinajstić information content (AvgIpc) is 3.19. The Hall–Kier alpha value is -3.48. The number of anilines is 1. The summed E-state index contributed by atoms with van der Waals surface area (Å²) in [7, 11) is 0. The Morgan fingerprint density at radius 2 is 1.71 bits per heavy atom. The number of halogens is 6. The zero-order valence-electron chi connectivity index (χ0n) is 18.4. The number of urea groups is 1. The zero-order chi connectivity index (χ0) is 25.9. The Kier molecular flexibility index (Phi) is 7.48. The van der Waals surface area contributed by atoms with Crippen molar-refractivity contribution >= 4 is 23.0 Å². The number of alkyl halides is 6. The van der Waals surface area contributed by atoms with Gasteiger partial charge in [-0.1, -0.05) is 24.3 Å². The van der Waals surface area contributed by atoms with Crippen LogP contribution in [-0.4, -0.2) is 40.4 Å². The molecule has 7 nitrogen and oxygen atoms in total. The molecular weight excluding hydrogens is 480 g/mol. The molecule has 13 heteroatoms. The summed E-state index contributed by atoms with van der Waals surface area (Å²) in [4.78, 5) is 19.2. The van der Waals surface area contributed by atoms with Crippen molar-refractivity contribution in [3.8, 4) is 0 Å². The van der Waals surface area contributed by atoms with Crippen LogP contribution in [-0.2, 0) is 18.3 Å². The summed E-state index contributed by atoms with van der Waals surface area (Å²) in [5.41, 5.74) is -0.479. The molecule has 0 spiro atoms. The molecular formula is C22H23F6N5O2. The number of rotatable bonds is 8. The number of amides is 2. The molecule has 0 saturated carbocycles. The molecule has 0 aliphatic carbocycles. The van der Waals surface area contributed by atoms with E-state index in [1.165, 1.54) is 19.1 Å². The lowest BCUT2D eigenvalue weighted by Crippen LogP contribution is -2.37. The number of carbonyl (C=O) groups excluding carboxylic acids is 1. The molecule has 1 aromatic heterocycles. The largest absolute Gasteiger partial charge is 0.416 e. The molecule has 190 valence electrons. The fourth-order valence-electron chi connectivity index (χ4n) is 3.35. The molecule has 0 aliphatic rings. The first-order valence-corrected chi connectivity index (χ1v) is 10.4. The number of hydrogen-bond donors (Lipinski definition) is 5. The minimum Gasteiger partial charge on any atom is -0.394 e. The van der Waals surface area contributed by atoms with Crippen LogP contribution in [0.2, 0.25) is 0 Å². The molecule has 5 N–H and O–H groups in total. The van der Waals surface area contributed by atoms with Crippen molar-refractivity contribution < 1.29 is 36.2 Å². The van der Waals surface area contributed by atoms with Gasteiger partial charge >= 0.3 is 18.4 Å². The van der Waals surface area contributed by atoms with Gasteiger partial charge in [0.25, 0.3) is 0 Å². The van der Waals surface area contributed by atoms with Crippen LogP contribution in [0.25, 0.3) is 11.0 Å². The maximum Gasteiger partial charge on any atom is 0.416 e. The van der Waals surface area contributed by atoms with Gasteiger partial charge in [0.2, 0.25) is 5.95 Å². The van der Waals surface area contributed by atoms with Gasteiger partial charge in [-0.25, -0.2) is 9.78 Å². The van der Waals surface area contributed by atoms with Crippen molar-refractivity contribution in [1.29, 1.82) is 0 Å². The van der Waals surface area contributed by atoms with E-state index in [0.717, 1.165) is 12.1 Å². The van der Waals surface area contributed by atoms with Gasteiger partial charge in [0, 0.05) is 13.1 Å². The fraction of sp³-hybridized carbons (Fsp3) is 0.364. The summed E-state index contributed by atoms with van der Waals surface area (Å²) >= 11 is 0. The highest BCUT2D eigenvalue weighted by molar-refractivity contribution is 5.82. The summed E-state index contributed by atoms with van der Waals surface area (Å²) in [6.45, 7) is 0.372. The summed E-state index contributed by atoms with van der Waals surface area (Å²) < 4.78 is 76.0. The standard InChI is InChI=1S/C22H23F6N5O2/c1-20(12-34,14-5-3-6-15(10-14)22(26,27)28)33-18-31-16-7-2-4-13(17(16)32-18)11-30-19(35)29-9-8-21(23,24)25/h2-7,10,34H,8-9,11-12H2,1H3,(H2,29,30,35)(H2,31,32,33). The highest BCUT2D eigenvalue weighted by Gasteiger charge is 2.34. The first-order valence-electron chi connectivity index (χ1n) is 10.4. The van der Waals surface area contributed by atoms with Crippen LogP contribution in [0.15, 0.2) is 42.5 Å². The van der Waals surface area contributed by atoms with Crippen LogP contribution >= 0.6 is 0 Å². The topological polar surface area (TPSA) is 102 Å². The normalized spacial score (nSPS) is 13.9. The van der Waals surface area contributed by atoms with Gasteiger partial charge in [-0.2, -0.15) is 26.3 Å². The van der Waals surface area contributed by atoms with Crippen LogP contribution < -0.4 is 16.0 Å². The number of para-hydroxylation sites is 1. The summed E-state index contributed by atoms with van der Waals surface area (Å²) in [5, 5.41) is 17.5. The van der Waals surface area contributed by atoms with E-state index in [1.807, 2.05) is 0 Å². The van der Waals surface area contributed by atoms with E-state index in [9.17, 15) is 36.2 Å². The molecule has 2 amide bonds. The van der Waals surface area contributed by atoms with Gasteiger partial charge in [0.15, 0.2) is 0 Å². The SMILES string of the molecule is CC(CO)(Nc1nc2c(CNC(=O)NCCC(F)(F)F)cccc2[nH]1)c1cccc(C(F)(F)F)c1. The third-order valence-electron chi connectivity index (χ3n) is 5.27. The Morgan fingerprint density at radius 1 is 1.03 bits per heavy atom. The molecule has 0 fully saturated rings. The van der Waals surface area contributed by atoms with E-state index in [4.69, 9.17) is 0 Å². The summed E-state index contributed by atoms with van der Waals surface area (Å²) in [6, 6.07) is 8.80. The number of nitrogens with zero attached hydrogens (tertiary/aromatic N) is 1. The minimum atomic E-state index is -4.55. The van der Waals surface area contributed by atoms with E-state index >= 15 is 0 Å². The van der Waals surface area contributed by atoms with E-state index in [1.54, 1.807) is 18.2 Å². The molecule has 1 unspecified atom stereocenters. The molecule has 0 aliphatic heterocycles. The first kappa shape index (κ1) is 26.1. The summed E-state index contributed by atoms with van der Waals surface area (Å²) in [6.07, 6.45) is -10.1. The van der Waals surface area contributed by atoms with Crippen molar-refractivity contribution in [2.45, 2.75) is 37.8 Å². The second-order valence-corrected chi connectivity index (χ2v) is 8.07. The highest BCUT2D eigenvalue weighted by atomic mass is 19.4. The molecule has 1 heterocycles. The molecule has 0 saturated heterocycles. The first-order chi connectivity index (χ1) is 16.3. The quantitative estimate of drug-likeness (QED) is 0.289. The van der Waals surface area contributed by atoms with Crippen molar-refractivity contribution in [3.05, 3.63) is 59.2 Å². The van der Waals surface area contributed by atoms with Gasteiger partial charge in [0.05, 0.1) is 35.2 Å². The lowest BCUT2D eigenvalue weighted by molar-refractivity contribution is -0.137. The van der Waals surface area contributed by atoms with Crippen molar-refractivity contribution in [3.63, 3.8) is 0 Å². The van der Waals surface area contributed by atoms with Crippen LogP contribution in [0.1, 0.15) is 30.0 Å². The Bertz CT molecular complexity index is 1180. The van der Waals surface area contributed by atoms with Crippen LogP contribution in [0.4, 0.5) is 37.1 Å². The van der Waals surface area contributed by atoms with E-state index in [-0.39, 0.29) is 18.1 Å². The number of imidazole rings is 1. The smallest absolute Gasteiger partial charge is 0.394 e. The molecule has 0 bridgehead atoms. The maximum absolute atomic E-state index is 13.1. The van der Waals surface area contributed by atoms with E-state index in [0.29, 0.717) is 16.6 Å². The Balaban J connectivity index is 1.75. The van der Waals surface area contributed by atoms with Crippen molar-refractivity contribution in [2.75, 3.05) is 18.5 Å². The van der Waals surface area contributed by atoms with Gasteiger partial charge in [0.1, 0.15) is 0 Å². The molecule has 35 heavy (non-hydrogen) atoms. The maximum atomic E-state index is 13.1. The third-order valence-corrected chi connectivity index (χ3v) is 5.27. The molecule has 2 aromatic carbocycles. The fourth-order valence-corrected chi connectivity index (χ4v) is 3.35. The molecule has 1 atom stereocenters. The van der Waals surface area contributed by atoms with Gasteiger partial charge in [-0.3, -0.25) is 0 Å². The molecule has 3 aromatic rings. The number of nitrogens with one attached hydrogen (secondary N) is 4. The second-order valence-electron chi connectivity index (χ2n) is 8.07. The Labute approximate surface area is 195 Å². The average molecular weight is 503 g/mol. The Morgan fingerprint density at radius 3 is 2.37 bits per heavy atom. The monoisotopic (exact) mass is 503 g/mol. The minimum absolute atomic E-state index is 0.0373. The summed E-state index contributed by atoms with van der Waals surface area (Å²) in [5.74, 6) is 0.163. The number of aliphatic hydroxyl groups is 1. The number of carbonyl (C=O) groups is 1. The number of aliphatic hydroxyl groups excluding tert-OH is 1. The number of fused-ring (bicyclic) bond motifs is 1. The third kappa shape index (κ3) is 6.78. The molecule has 3 rings (SSSR count). The number of benzene rings is 2. The second kappa shape index (κ2) is 10.0. The zero-order valence-corrected chi connectivity index (χ0v) is 18.4. The van der Waals surface area contributed by atoms with Crippen molar-refractivity contribution in [2.24, 2.45) is 0 Å². The van der Waals surface area contributed by atoms with Crippen molar-refractivity contribution in [1.82, 2.24) is 20.6 Å². The highest BCUT2D eigenvalue weighted by Crippen LogP contribution is 2.33. The molecule has 0 radical (unpaired) electrons. The number of aromatic nitrogens is 2. The van der Waals surface area contributed by atoms with Gasteiger partial charge in [-0.15, -0.1) is 0 Å². The predicted octanol–water partition coefficient (Wildman–Crippen LogP) is 4.65. The number of aromatic amines is 1. The van der Waals surface area contributed by atoms with Crippen LogP contribution in [0.5, 0.6) is 0 Å². The number of hydrogen-bond acceptors (Lipinski definition) is 4. The predicted molar refractivity (Wildman–Crippen MR) is 117 cm³/mol. The van der Waals surface area contributed by atoms with Crippen LogP contribution in [0, 0.1) is 0 Å². The lowest BCUT2D eigenvalue weighted by atomic mass is 9.91. The van der Waals surface area contributed by atoms with E-state index < -0.39 is 49.1 Å².